The number of hydrogen-bond acceptors (Lipinski definition) is 4. The van der Waals surface area contributed by atoms with Crippen LogP contribution in [0.1, 0.15) is 59.3 Å². The third-order valence-corrected chi connectivity index (χ3v) is 6.23. The molecule has 1 aliphatic carbocycles. The molecule has 156 valence electrons. The van der Waals surface area contributed by atoms with E-state index in [0.717, 1.165) is 58.4 Å². The topological polar surface area (TPSA) is 52.7 Å². The minimum absolute atomic E-state index is 0.00127. The number of nitrogens with one attached hydrogen (secondary N) is 1. The number of hydrogen-bond donors (Lipinski definition) is 1. The van der Waals surface area contributed by atoms with E-state index in [9.17, 15) is 14.0 Å². The minimum Gasteiger partial charge on any atom is -0.336 e. The van der Waals surface area contributed by atoms with Crippen molar-refractivity contribution in [1.29, 1.82) is 0 Å². The molecule has 27 heavy (non-hydrogen) atoms. The van der Waals surface area contributed by atoms with Crippen molar-refractivity contribution in [1.82, 2.24) is 15.1 Å². The van der Waals surface area contributed by atoms with E-state index in [1.165, 1.54) is 0 Å². The van der Waals surface area contributed by atoms with Gasteiger partial charge in [-0.25, -0.2) is 4.39 Å². The first kappa shape index (κ1) is 22.3. The first-order valence-corrected chi connectivity index (χ1v) is 10.9. The SMILES string of the molecule is CC.CCC(=O)C1CCC(C(=O)N2CC(F)(CCN3CCNCC3)C2)CC1. The van der Waals surface area contributed by atoms with Gasteiger partial charge in [-0.15, -0.1) is 0 Å². The number of carbonyl (C=O) groups excluding carboxylic acids is 2. The number of carbonyl (C=O) groups is 2. The van der Waals surface area contributed by atoms with Gasteiger partial charge in [0.05, 0.1) is 13.1 Å². The quantitative estimate of drug-likeness (QED) is 0.766. The van der Waals surface area contributed by atoms with Crippen LogP contribution in [0.4, 0.5) is 4.39 Å². The molecule has 3 rings (SSSR count). The van der Waals surface area contributed by atoms with E-state index in [1.54, 1.807) is 4.90 Å². The average Bonchev–Trinajstić information content (AvgIpc) is 2.71. The summed E-state index contributed by atoms with van der Waals surface area (Å²) in [6.07, 6.45) is 4.32. The maximum atomic E-state index is 14.8. The lowest BCUT2D eigenvalue weighted by atomic mass is 9.78. The van der Waals surface area contributed by atoms with Crippen LogP contribution in [0.2, 0.25) is 0 Å². The van der Waals surface area contributed by atoms with Crippen molar-refractivity contribution in [3.05, 3.63) is 0 Å². The summed E-state index contributed by atoms with van der Waals surface area (Å²) in [6.45, 7) is 11.1. The number of ketones is 1. The van der Waals surface area contributed by atoms with Crippen molar-refractivity contribution in [3.63, 3.8) is 0 Å². The van der Waals surface area contributed by atoms with Crippen molar-refractivity contribution >= 4 is 11.7 Å². The molecule has 1 N–H and O–H groups in total. The predicted molar refractivity (Wildman–Crippen MR) is 106 cm³/mol. The molecule has 0 radical (unpaired) electrons. The first-order chi connectivity index (χ1) is 13.0. The molecule has 5 nitrogen and oxygen atoms in total. The highest BCUT2D eigenvalue weighted by molar-refractivity contribution is 5.82. The Morgan fingerprint density at radius 1 is 1.04 bits per heavy atom. The van der Waals surface area contributed by atoms with Crippen LogP contribution in [0.15, 0.2) is 0 Å². The summed E-state index contributed by atoms with van der Waals surface area (Å²) in [6, 6.07) is 0. The molecule has 2 heterocycles. The molecule has 3 aliphatic rings. The van der Waals surface area contributed by atoms with E-state index in [2.05, 4.69) is 10.2 Å². The Hall–Kier alpha value is -1.01. The van der Waals surface area contributed by atoms with Crippen molar-refractivity contribution in [2.45, 2.75) is 65.0 Å². The Morgan fingerprint density at radius 3 is 2.15 bits per heavy atom. The summed E-state index contributed by atoms with van der Waals surface area (Å²) < 4.78 is 14.8. The second-order valence-corrected chi connectivity index (χ2v) is 8.06. The highest BCUT2D eigenvalue weighted by Crippen LogP contribution is 2.35. The number of halogens is 1. The van der Waals surface area contributed by atoms with Crippen molar-refractivity contribution in [2.24, 2.45) is 11.8 Å². The summed E-state index contributed by atoms with van der Waals surface area (Å²) in [7, 11) is 0. The number of nitrogens with zero attached hydrogens (tertiary/aromatic N) is 2. The van der Waals surface area contributed by atoms with Crippen molar-refractivity contribution in [3.8, 4) is 0 Å². The van der Waals surface area contributed by atoms with E-state index < -0.39 is 5.67 Å². The van der Waals surface area contributed by atoms with Crippen LogP contribution in [0, 0.1) is 11.8 Å². The molecular weight excluding hydrogens is 345 g/mol. The van der Waals surface area contributed by atoms with Gasteiger partial charge in [0.1, 0.15) is 11.5 Å². The Balaban J connectivity index is 0.00000126. The van der Waals surface area contributed by atoms with Crippen LogP contribution in [0.5, 0.6) is 0 Å². The highest BCUT2D eigenvalue weighted by atomic mass is 19.1. The second-order valence-electron chi connectivity index (χ2n) is 8.06. The minimum atomic E-state index is -1.20. The van der Waals surface area contributed by atoms with Gasteiger partial charge in [-0.2, -0.15) is 0 Å². The summed E-state index contributed by atoms with van der Waals surface area (Å²) in [4.78, 5) is 28.4. The number of Topliss-reactive ketones (excluding diaryl/α,β-unsaturated/α-hetero) is 1. The standard InChI is InChI=1S/C19H32FN3O2.C2H6/c1-2-17(24)15-3-5-16(6-4-15)18(25)23-13-19(20,14-23)7-10-22-11-8-21-9-12-22;1-2/h15-16,21H,2-14H2,1H3;1-2H3. The molecule has 0 spiro atoms. The lowest BCUT2D eigenvalue weighted by Crippen LogP contribution is -2.63. The lowest BCUT2D eigenvalue weighted by Gasteiger charge is -2.47. The molecule has 0 bridgehead atoms. The van der Waals surface area contributed by atoms with Crippen molar-refractivity contribution in [2.75, 3.05) is 45.8 Å². The molecule has 0 aromatic rings. The predicted octanol–water partition coefficient (Wildman–Crippen LogP) is 2.64. The Kier molecular flexibility index (Phi) is 8.67. The monoisotopic (exact) mass is 383 g/mol. The number of piperazine rings is 1. The van der Waals surface area contributed by atoms with Gasteiger partial charge >= 0.3 is 0 Å². The number of likely N-dealkylation sites (tertiary alicyclic amines) is 1. The molecule has 2 saturated heterocycles. The van der Waals surface area contributed by atoms with E-state index in [-0.39, 0.29) is 30.8 Å². The van der Waals surface area contributed by atoms with Gasteiger partial charge in [-0.05, 0) is 32.1 Å². The molecule has 3 fully saturated rings. The lowest BCUT2D eigenvalue weighted by molar-refractivity contribution is -0.152. The third kappa shape index (κ3) is 5.98. The summed E-state index contributed by atoms with van der Waals surface area (Å²) in [5.74, 6) is 0.576. The second kappa shape index (κ2) is 10.5. The Morgan fingerprint density at radius 2 is 1.59 bits per heavy atom. The van der Waals surface area contributed by atoms with Gasteiger partial charge in [0.2, 0.25) is 5.91 Å². The third-order valence-electron chi connectivity index (χ3n) is 6.23. The zero-order valence-corrected chi connectivity index (χ0v) is 17.4. The van der Waals surface area contributed by atoms with Gasteiger partial charge in [0, 0.05) is 51.0 Å². The van der Waals surface area contributed by atoms with E-state index in [0.29, 0.717) is 18.6 Å². The van der Waals surface area contributed by atoms with Crippen LogP contribution in [0.3, 0.4) is 0 Å². The Bertz CT molecular complexity index is 480. The molecule has 0 aromatic heterocycles. The Labute approximate surface area is 164 Å². The van der Waals surface area contributed by atoms with Gasteiger partial charge < -0.3 is 15.1 Å². The highest BCUT2D eigenvalue weighted by Gasteiger charge is 2.47. The molecule has 0 atom stereocenters. The molecule has 6 heteroatoms. The smallest absolute Gasteiger partial charge is 0.225 e. The fourth-order valence-electron chi connectivity index (χ4n) is 4.45. The van der Waals surface area contributed by atoms with Crippen LogP contribution < -0.4 is 5.32 Å². The first-order valence-electron chi connectivity index (χ1n) is 10.9. The molecule has 2 aliphatic heterocycles. The fourth-order valence-corrected chi connectivity index (χ4v) is 4.45. The van der Waals surface area contributed by atoms with Gasteiger partial charge in [-0.3, -0.25) is 9.59 Å². The summed E-state index contributed by atoms with van der Waals surface area (Å²) in [5, 5.41) is 3.30. The zero-order chi connectivity index (χ0) is 19.9. The molecule has 0 unspecified atom stereocenters. The number of alkyl halides is 1. The summed E-state index contributed by atoms with van der Waals surface area (Å²) >= 11 is 0. The van der Waals surface area contributed by atoms with Crippen LogP contribution >= 0.6 is 0 Å². The van der Waals surface area contributed by atoms with Crippen LogP contribution in [0.25, 0.3) is 0 Å². The fraction of sp³-hybridized carbons (Fsp3) is 0.905. The number of rotatable bonds is 6. The summed E-state index contributed by atoms with van der Waals surface area (Å²) in [5.41, 5.74) is -1.20. The maximum Gasteiger partial charge on any atom is 0.225 e. The molecule has 1 amide bonds. The van der Waals surface area contributed by atoms with Gasteiger partial charge in [0.25, 0.3) is 0 Å². The maximum absolute atomic E-state index is 14.8. The average molecular weight is 384 g/mol. The molecule has 0 aromatic carbocycles. The van der Waals surface area contributed by atoms with E-state index in [1.807, 2.05) is 20.8 Å². The molecular formula is C21H38FN3O2. The van der Waals surface area contributed by atoms with E-state index >= 15 is 0 Å². The van der Waals surface area contributed by atoms with Crippen LogP contribution in [-0.4, -0.2) is 73.0 Å². The van der Waals surface area contributed by atoms with Gasteiger partial charge in [-0.1, -0.05) is 20.8 Å². The molecule has 1 saturated carbocycles. The van der Waals surface area contributed by atoms with Gasteiger partial charge in [0.15, 0.2) is 0 Å². The largest absolute Gasteiger partial charge is 0.336 e. The van der Waals surface area contributed by atoms with Crippen LogP contribution in [-0.2, 0) is 9.59 Å². The zero-order valence-electron chi connectivity index (χ0n) is 17.4. The number of amides is 1. The van der Waals surface area contributed by atoms with E-state index in [4.69, 9.17) is 0 Å². The van der Waals surface area contributed by atoms with Crippen molar-refractivity contribution < 1.29 is 14.0 Å². The normalized spacial score (nSPS) is 27.9.